The van der Waals surface area contributed by atoms with Crippen molar-refractivity contribution in [1.82, 2.24) is 14.1 Å². The zero-order valence-electron chi connectivity index (χ0n) is 12.5. The Bertz CT molecular complexity index is 934. The number of imidazole rings is 1. The number of hydrogen-bond donors (Lipinski definition) is 1. The first-order chi connectivity index (χ1) is 11.0. The van der Waals surface area contributed by atoms with Crippen LogP contribution in [0, 0.1) is 6.92 Å². The fourth-order valence-corrected chi connectivity index (χ4v) is 3.49. The van der Waals surface area contributed by atoms with Crippen LogP contribution >= 0.6 is 11.6 Å². The Morgan fingerprint density at radius 2 is 1.91 bits per heavy atom. The highest BCUT2D eigenvalue weighted by Gasteiger charge is 2.13. The quantitative estimate of drug-likeness (QED) is 0.770. The van der Waals surface area contributed by atoms with Crippen molar-refractivity contribution in [2.24, 2.45) is 0 Å². The van der Waals surface area contributed by atoms with Gasteiger partial charge in [0.25, 0.3) is 0 Å². The molecule has 0 saturated heterocycles. The second-order valence-corrected chi connectivity index (χ2v) is 7.43. The lowest BCUT2D eigenvalue weighted by atomic mass is 10.3. The molecule has 0 aliphatic carbocycles. The zero-order chi connectivity index (χ0) is 16.4. The largest absolute Gasteiger partial charge is 0.304 e. The molecular weight excluding hydrogens is 334 g/mol. The molecule has 2 aromatic heterocycles. The molecule has 0 radical (unpaired) electrons. The normalized spacial score (nSPS) is 11.9. The van der Waals surface area contributed by atoms with Crippen LogP contribution in [0.15, 0.2) is 53.6 Å². The number of aryl methyl sites for hydroxylation is 1. The van der Waals surface area contributed by atoms with E-state index in [9.17, 15) is 8.42 Å². The summed E-state index contributed by atoms with van der Waals surface area (Å²) in [5.41, 5.74) is 2.79. The fraction of sp³-hybridized carbons (Fsp3) is 0.188. The van der Waals surface area contributed by atoms with Gasteiger partial charge in [-0.15, -0.1) is 0 Å². The molecule has 23 heavy (non-hydrogen) atoms. The number of benzene rings is 1. The number of nitrogens with zero attached hydrogens (tertiary/aromatic N) is 2. The Morgan fingerprint density at radius 3 is 2.61 bits per heavy atom. The molecule has 0 aliphatic rings. The molecule has 0 saturated carbocycles. The van der Waals surface area contributed by atoms with E-state index >= 15 is 0 Å². The van der Waals surface area contributed by atoms with Crippen molar-refractivity contribution in [2.75, 3.05) is 6.54 Å². The summed E-state index contributed by atoms with van der Waals surface area (Å²) >= 11 is 5.77. The van der Waals surface area contributed by atoms with Crippen LogP contribution in [0.3, 0.4) is 0 Å². The second-order valence-electron chi connectivity index (χ2n) is 5.23. The lowest BCUT2D eigenvalue weighted by Crippen LogP contribution is -2.26. The van der Waals surface area contributed by atoms with E-state index in [0.717, 1.165) is 17.0 Å². The van der Waals surface area contributed by atoms with E-state index in [1.165, 1.54) is 12.1 Å². The molecule has 2 heterocycles. The topological polar surface area (TPSA) is 63.5 Å². The van der Waals surface area contributed by atoms with E-state index in [4.69, 9.17) is 11.6 Å². The smallest absolute Gasteiger partial charge is 0.240 e. The van der Waals surface area contributed by atoms with Crippen LogP contribution in [-0.4, -0.2) is 24.3 Å². The first-order valence-electron chi connectivity index (χ1n) is 7.14. The second kappa shape index (κ2) is 6.31. The Labute approximate surface area is 140 Å². The molecule has 7 heteroatoms. The molecule has 0 aliphatic heterocycles. The Balaban J connectivity index is 1.68. The van der Waals surface area contributed by atoms with Crippen molar-refractivity contribution < 1.29 is 8.42 Å². The van der Waals surface area contributed by atoms with Crippen LogP contribution < -0.4 is 4.72 Å². The molecule has 0 amide bonds. The van der Waals surface area contributed by atoms with Gasteiger partial charge in [0, 0.05) is 29.9 Å². The third-order valence-electron chi connectivity index (χ3n) is 3.54. The SMILES string of the molecule is Cc1cccc2nc(CCNS(=O)(=O)c3ccc(Cl)cc3)cn12. The van der Waals surface area contributed by atoms with Crippen LogP contribution in [0.5, 0.6) is 0 Å². The van der Waals surface area contributed by atoms with Crippen LogP contribution in [0.2, 0.25) is 5.02 Å². The average Bonchev–Trinajstić information content (AvgIpc) is 2.92. The Kier molecular flexibility index (Phi) is 4.39. The predicted molar refractivity (Wildman–Crippen MR) is 90.3 cm³/mol. The summed E-state index contributed by atoms with van der Waals surface area (Å²) in [6.45, 7) is 2.29. The first-order valence-corrected chi connectivity index (χ1v) is 9.01. The third kappa shape index (κ3) is 3.55. The molecule has 120 valence electrons. The summed E-state index contributed by atoms with van der Waals surface area (Å²) < 4.78 is 28.9. The monoisotopic (exact) mass is 349 g/mol. The van der Waals surface area contributed by atoms with Gasteiger partial charge in [0.05, 0.1) is 10.6 Å². The molecule has 0 bridgehead atoms. The Morgan fingerprint density at radius 1 is 1.17 bits per heavy atom. The molecule has 0 fully saturated rings. The number of halogens is 1. The summed E-state index contributed by atoms with van der Waals surface area (Å²) in [5, 5.41) is 0.504. The van der Waals surface area contributed by atoms with Crippen molar-refractivity contribution in [2.45, 2.75) is 18.2 Å². The standard InChI is InChI=1S/C16H16ClN3O2S/c1-12-3-2-4-16-19-14(11-20(12)16)9-10-18-23(21,22)15-7-5-13(17)6-8-15/h2-8,11,18H,9-10H2,1H3. The molecule has 0 spiro atoms. The molecule has 1 N–H and O–H groups in total. The maximum Gasteiger partial charge on any atom is 0.240 e. The van der Waals surface area contributed by atoms with E-state index in [-0.39, 0.29) is 11.4 Å². The van der Waals surface area contributed by atoms with Crippen LogP contribution in [0.25, 0.3) is 5.65 Å². The summed E-state index contributed by atoms with van der Waals surface area (Å²) in [4.78, 5) is 4.69. The minimum Gasteiger partial charge on any atom is -0.304 e. The van der Waals surface area contributed by atoms with Crippen LogP contribution in [0.1, 0.15) is 11.4 Å². The highest BCUT2D eigenvalue weighted by atomic mass is 35.5. The summed E-state index contributed by atoms with van der Waals surface area (Å²) in [6, 6.07) is 12.0. The maximum absolute atomic E-state index is 12.2. The molecule has 3 rings (SSSR count). The fourth-order valence-electron chi connectivity index (χ4n) is 2.33. The van der Waals surface area contributed by atoms with Gasteiger partial charge in [-0.2, -0.15) is 0 Å². The average molecular weight is 350 g/mol. The Hall–Kier alpha value is -1.89. The van der Waals surface area contributed by atoms with Gasteiger partial charge in [0.2, 0.25) is 10.0 Å². The maximum atomic E-state index is 12.2. The third-order valence-corrected chi connectivity index (χ3v) is 5.27. The number of fused-ring (bicyclic) bond motifs is 1. The van der Waals surface area contributed by atoms with Crippen molar-refractivity contribution in [3.05, 3.63) is 65.1 Å². The number of hydrogen-bond acceptors (Lipinski definition) is 3. The lowest BCUT2D eigenvalue weighted by molar-refractivity contribution is 0.581. The first kappa shape index (κ1) is 16.0. The van der Waals surface area contributed by atoms with Gasteiger partial charge >= 0.3 is 0 Å². The van der Waals surface area contributed by atoms with Gasteiger partial charge in [-0.3, -0.25) is 0 Å². The van der Waals surface area contributed by atoms with Crippen molar-refractivity contribution >= 4 is 27.3 Å². The minimum atomic E-state index is -3.53. The number of nitrogens with one attached hydrogen (secondary N) is 1. The molecular formula is C16H16ClN3O2S. The van der Waals surface area contributed by atoms with Crippen molar-refractivity contribution in [3.63, 3.8) is 0 Å². The van der Waals surface area contributed by atoms with Crippen LogP contribution in [0.4, 0.5) is 0 Å². The van der Waals surface area contributed by atoms with E-state index in [0.29, 0.717) is 11.4 Å². The van der Waals surface area contributed by atoms with Gasteiger partial charge in [-0.25, -0.2) is 18.1 Å². The minimum absolute atomic E-state index is 0.202. The van der Waals surface area contributed by atoms with Gasteiger partial charge in [-0.05, 0) is 43.3 Å². The van der Waals surface area contributed by atoms with Gasteiger partial charge in [-0.1, -0.05) is 17.7 Å². The summed E-state index contributed by atoms with van der Waals surface area (Å²) in [5.74, 6) is 0. The molecule has 3 aromatic rings. The number of sulfonamides is 1. The summed E-state index contributed by atoms with van der Waals surface area (Å²) in [7, 11) is -3.53. The number of pyridine rings is 1. The van der Waals surface area contributed by atoms with E-state index < -0.39 is 10.0 Å². The van der Waals surface area contributed by atoms with Crippen molar-refractivity contribution in [1.29, 1.82) is 0 Å². The number of rotatable bonds is 5. The molecule has 0 atom stereocenters. The van der Waals surface area contributed by atoms with E-state index in [1.807, 2.05) is 35.7 Å². The van der Waals surface area contributed by atoms with Crippen LogP contribution in [-0.2, 0) is 16.4 Å². The molecule has 5 nitrogen and oxygen atoms in total. The molecule has 1 aromatic carbocycles. The van der Waals surface area contributed by atoms with Gasteiger partial charge in [0.1, 0.15) is 5.65 Å². The predicted octanol–water partition coefficient (Wildman–Crippen LogP) is 2.82. The van der Waals surface area contributed by atoms with Gasteiger partial charge < -0.3 is 4.40 Å². The highest BCUT2D eigenvalue weighted by molar-refractivity contribution is 7.89. The summed E-state index contributed by atoms with van der Waals surface area (Å²) in [6.07, 6.45) is 2.45. The lowest BCUT2D eigenvalue weighted by Gasteiger charge is -2.05. The van der Waals surface area contributed by atoms with E-state index in [2.05, 4.69) is 9.71 Å². The van der Waals surface area contributed by atoms with E-state index in [1.54, 1.807) is 12.1 Å². The zero-order valence-corrected chi connectivity index (χ0v) is 14.1. The molecule has 0 unspecified atom stereocenters. The van der Waals surface area contributed by atoms with Gasteiger partial charge in [0.15, 0.2) is 0 Å². The number of aromatic nitrogens is 2. The highest BCUT2D eigenvalue weighted by Crippen LogP contribution is 2.14. The van der Waals surface area contributed by atoms with Crippen molar-refractivity contribution in [3.8, 4) is 0 Å².